The van der Waals surface area contributed by atoms with E-state index in [2.05, 4.69) is 9.88 Å². The Hall–Kier alpha value is -3.28. The highest BCUT2D eigenvalue weighted by Crippen LogP contribution is 2.25. The standard InChI is InChI=1S/C25H27FN4O/c1-17-6-4-5-7-22(17)25(31)30-14-12-29(13-15-30)24-23(18(2)27-19(3)28-24)16-20-8-10-21(26)11-9-20/h4-11H,12-16H2,1-3H3. The minimum atomic E-state index is -0.240. The zero-order valence-electron chi connectivity index (χ0n) is 18.2. The zero-order valence-corrected chi connectivity index (χ0v) is 18.2. The molecule has 0 bridgehead atoms. The van der Waals surface area contributed by atoms with E-state index in [0.717, 1.165) is 39.6 Å². The third kappa shape index (κ3) is 4.58. The van der Waals surface area contributed by atoms with E-state index in [4.69, 9.17) is 4.98 Å². The molecule has 6 heteroatoms. The van der Waals surface area contributed by atoms with Crippen molar-refractivity contribution in [2.45, 2.75) is 27.2 Å². The van der Waals surface area contributed by atoms with Crippen LogP contribution in [0.25, 0.3) is 0 Å². The summed E-state index contributed by atoms with van der Waals surface area (Å²) in [6.07, 6.45) is 0.643. The Labute approximate surface area is 182 Å². The van der Waals surface area contributed by atoms with Crippen molar-refractivity contribution in [3.63, 3.8) is 0 Å². The monoisotopic (exact) mass is 418 g/mol. The van der Waals surface area contributed by atoms with Gasteiger partial charge in [-0.25, -0.2) is 14.4 Å². The molecule has 160 valence electrons. The molecule has 3 aromatic rings. The Morgan fingerprint density at radius 2 is 1.61 bits per heavy atom. The van der Waals surface area contributed by atoms with Crippen molar-refractivity contribution >= 4 is 11.7 Å². The molecule has 5 nitrogen and oxygen atoms in total. The first kappa shape index (κ1) is 21.0. The van der Waals surface area contributed by atoms with Crippen LogP contribution in [0.1, 0.15) is 38.6 Å². The molecule has 0 radical (unpaired) electrons. The molecule has 1 aromatic heterocycles. The second-order valence-corrected chi connectivity index (χ2v) is 8.06. The summed E-state index contributed by atoms with van der Waals surface area (Å²) >= 11 is 0. The molecule has 0 atom stereocenters. The normalized spacial score (nSPS) is 14.1. The molecule has 1 fully saturated rings. The van der Waals surface area contributed by atoms with Crippen molar-refractivity contribution in [2.24, 2.45) is 0 Å². The molecule has 1 saturated heterocycles. The van der Waals surface area contributed by atoms with Crippen LogP contribution in [0, 0.1) is 26.6 Å². The van der Waals surface area contributed by atoms with Crippen molar-refractivity contribution in [1.29, 1.82) is 0 Å². The smallest absolute Gasteiger partial charge is 0.254 e. The Bertz CT molecular complexity index is 1090. The number of anilines is 1. The van der Waals surface area contributed by atoms with Crippen molar-refractivity contribution in [1.82, 2.24) is 14.9 Å². The van der Waals surface area contributed by atoms with Crippen LogP contribution in [0.3, 0.4) is 0 Å². The maximum absolute atomic E-state index is 13.3. The summed E-state index contributed by atoms with van der Waals surface area (Å²) in [5, 5.41) is 0. The third-order valence-electron chi connectivity index (χ3n) is 5.84. The van der Waals surface area contributed by atoms with E-state index in [9.17, 15) is 9.18 Å². The van der Waals surface area contributed by atoms with Gasteiger partial charge in [0.05, 0.1) is 0 Å². The SMILES string of the molecule is Cc1nc(C)c(Cc2ccc(F)cc2)c(N2CCN(C(=O)c3ccccc3C)CC2)n1. The minimum Gasteiger partial charge on any atom is -0.353 e. The van der Waals surface area contributed by atoms with Crippen LogP contribution in [-0.2, 0) is 6.42 Å². The Kier molecular flexibility index (Phi) is 5.98. The van der Waals surface area contributed by atoms with Crippen molar-refractivity contribution in [3.8, 4) is 0 Å². The highest BCUT2D eigenvalue weighted by Gasteiger charge is 2.26. The predicted octanol–water partition coefficient (Wildman–Crippen LogP) is 4.09. The van der Waals surface area contributed by atoms with E-state index in [1.165, 1.54) is 12.1 Å². The summed E-state index contributed by atoms with van der Waals surface area (Å²) in [4.78, 5) is 26.4. The van der Waals surface area contributed by atoms with E-state index < -0.39 is 0 Å². The average Bonchev–Trinajstić information content (AvgIpc) is 2.77. The first-order chi connectivity index (χ1) is 14.9. The van der Waals surface area contributed by atoms with E-state index >= 15 is 0 Å². The number of carbonyl (C=O) groups excluding carboxylic acids is 1. The van der Waals surface area contributed by atoms with Gasteiger partial charge in [0.15, 0.2) is 0 Å². The minimum absolute atomic E-state index is 0.0827. The van der Waals surface area contributed by atoms with Crippen LogP contribution in [0.4, 0.5) is 10.2 Å². The molecule has 1 aliphatic heterocycles. The highest BCUT2D eigenvalue weighted by molar-refractivity contribution is 5.95. The van der Waals surface area contributed by atoms with Gasteiger partial charge in [-0.3, -0.25) is 4.79 Å². The number of rotatable bonds is 4. The van der Waals surface area contributed by atoms with Crippen molar-refractivity contribution in [2.75, 3.05) is 31.1 Å². The number of piperazine rings is 1. The van der Waals surface area contributed by atoms with Crippen molar-refractivity contribution in [3.05, 3.63) is 88.1 Å². The van der Waals surface area contributed by atoms with Crippen LogP contribution in [0.5, 0.6) is 0 Å². The number of carbonyl (C=O) groups is 1. The summed E-state index contributed by atoms with van der Waals surface area (Å²) in [6.45, 7) is 8.58. The first-order valence-electron chi connectivity index (χ1n) is 10.6. The van der Waals surface area contributed by atoms with Gasteiger partial charge in [-0.2, -0.15) is 0 Å². The van der Waals surface area contributed by atoms with Gasteiger partial charge in [-0.05, 0) is 50.1 Å². The van der Waals surface area contributed by atoms with Crippen LogP contribution < -0.4 is 4.90 Å². The highest BCUT2D eigenvalue weighted by atomic mass is 19.1. The van der Waals surface area contributed by atoms with Gasteiger partial charge < -0.3 is 9.80 Å². The topological polar surface area (TPSA) is 49.3 Å². The number of hydrogen-bond acceptors (Lipinski definition) is 4. The summed E-state index contributed by atoms with van der Waals surface area (Å²) in [7, 11) is 0. The molecule has 0 saturated carbocycles. The summed E-state index contributed by atoms with van der Waals surface area (Å²) in [5.41, 5.74) is 4.77. The number of benzene rings is 2. The molecular formula is C25H27FN4O. The maximum Gasteiger partial charge on any atom is 0.254 e. The van der Waals surface area contributed by atoms with E-state index in [1.54, 1.807) is 12.1 Å². The van der Waals surface area contributed by atoms with Gasteiger partial charge in [-0.15, -0.1) is 0 Å². The average molecular weight is 419 g/mol. The zero-order chi connectivity index (χ0) is 22.0. The molecule has 0 spiro atoms. The number of amides is 1. The lowest BCUT2D eigenvalue weighted by Gasteiger charge is -2.36. The van der Waals surface area contributed by atoms with Gasteiger partial charge in [0.1, 0.15) is 17.5 Å². The molecule has 2 aromatic carbocycles. The van der Waals surface area contributed by atoms with Gasteiger partial charge in [0, 0.05) is 49.4 Å². The van der Waals surface area contributed by atoms with Gasteiger partial charge in [-0.1, -0.05) is 30.3 Å². The van der Waals surface area contributed by atoms with E-state index in [1.807, 2.05) is 49.9 Å². The van der Waals surface area contributed by atoms with Gasteiger partial charge >= 0.3 is 0 Å². The lowest BCUT2D eigenvalue weighted by molar-refractivity contribution is 0.0745. The first-order valence-corrected chi connectivity index (χ1v) is 10.6. The molecule has 2 heterocycles. The maximum atomic E-state index is 13.3. The molecular weight excluding hydrogens is 391 g/mol. The fraction of sp³-hybridized carbons (Fsp3) is 0.320. The number of halogens is 1. The number of aromatic nitrogens is 2. The fourth-order valence-electron chi connectivity index (χ4n) is 4.10. The van der Waals surface area contributed by atoms with Crippen molar-refractivity contribution < 1.29 is 9.18 Å². The lowest BCUT2D eigenvalue weighted by Crippen LogP contribution is -2.49. The van der Waals surface area contributed by atoms with Crippen LogP contribution in [0.15, 0.2) is 48.5 Å². The van der Waals surface area contributed by atoms with Gasteiger partial charge in [0.25, 0.3) is 5.91 Å². The third-order valence-corrected chi connectivity index (χ3v) is 5.84. The summed E-state index contributed by atoms with van der Waals surface area (Å²) in [5.74, 6) is 1.49. The van der Waals surface area contributed by atoms with Crippen LogP contribution in [-0.4, -0.2) is 47.0 Å². The van der Waals surface area contributed by atoms with Gasteiger partial charge in [0.2, 0.25) is 0 Å². The van der Waals surface area contributed by atoms with E-state index in [-0.39, 0.29) is 11.7 Å². The largest absolute Gasteiger partial charge is 0.353 e. The summed E-state index contributed by atoms with van der Waals surface area (Å²) < 4.78 is 13.3. The fourth-order valence-corrected chi connectivity index (χ4v) is 4.10. The molecule has 0 aliphatic carbocycles. The van der Waals surface area contributed by atoms with Crippen LogP contribution >= 0.6 is 0 Å². The molecule has 0 N–H and O–H groups in total. The predicted molar refractivity (Wildman–Crippen MR) is 120 cm³/mol. The lowest BCUT2D eigenvalue weighted by atomic mass is 10.0. The molecule has 1 amide bonds. The van der Waals surface area contributed by atoms with E-state index in [0.29, 0.717) is 32.6 Å². The molecule has 31 heavy (non-hydrogen) atoms. The molecule has 0 unspecified atom stereocenters. The molecule has 4 rings (SSSR count). The second kappa shape index (κ2) is 8.84. The second-order valence-electron chi connectivity index (χ2n) is 8.06. The van der Waals surface area contributed by atoms with Crippen LogP contribution in [0.2, 0.25) is 0 Å². The molecule has 1 aliphatic rings. The Morgan fingerprint density at radius 3 is 2.29 bits per heavy atom. The number of nitrogens with zero attached hydrogens (tertiary/aromatic N) is 4. The Balaban J connectivity index is 1.53. The Morgan fingerprint density at radius 1 is 0.935 bits per heavy atom. The number of hydrogen-bond donors (Lipinski definition) is 0. The number of aryl methyl sites for hydroxylation is 3. The summed E-state index contributed by atoms with van der Waals surface area (Å²) in [6, 6.07) is 14.3. The quantitative estimate of drug-likeness (QED) is 0.640.